The van der Waals surface area contributed by atoms with Crippen LogP contribution in [0.3, 0.4) is 0 Å². The van der Waals surface area contributed by atoms with Crippen LogP contribution < -0.4 is 10.5 Å². The molecule has 30 heavy (non-hydrogen) atoms. The monoisotopic (exact) mass is 398 g/mol. The number of ether oxygens (including phenoxy) is 1. The number of hydrogen-bond acceptors (Lipinski definition) is 4. The number of nitrogens with two attached hydrogens (primary N) is 1. The minimum atomic E-state index is -0.750. The number of rotatable bonds is 3. The molecule has 0 saturated heterocycles. The van der Waals surface area contributed by atoms with E-state index in [1.54, 1.807) is 4.68 Å². The molecule has 5 nitrogen and oxygen atoms in total. The van der Waals surface area contributed by atoms with Crippen molar-refractivity contribution < 1.29 is 4.74 Å². The number of allylic oxidation sites excluding steroid dienone is 1. The molecule has 0 spiro atoms. The predicted octanol–water partition coefficient (Wildman–Crippen LogP) is 4.83. The summed E-state index contributed by atoms with van der Waals surface area (Å²) in [4.78, 5) is 0. The maximum Gasteiger partial charge on any atom is 0.229 e. The second-order valence-electron chi connectivity index (χ2n) is 8.31. The van der Waals surface area contributed by atoms with Crippen LogP contribution in [0, 0.1) is 38.0 Å². The molecule has 0 aliphatic carbocycles. The number of nitrogens with zero attached hydrogens (tertiary/aromatic N) is 3. The van der Waals surface area contributed by atoms with Crippen LogP contribution in [0.1, 0.15) is 41.8 Å². The molecular formula is C25H26N4O. The molecule has 0 fully saturated rings. The van der Waals surface area contributed by atoms with E-state index in [1.807, 2.05) is 37.3 Å². The van der Waals surface area contributed by atoms with Crippen LogP contribution >= 0.6 is 0 Å². The summed E-state index contributed by atoms with van der Waals surface area (Å²) in [6.07, 6.45) is 0. The second-order valence-corrected chi connectivity index (χ2v) is 8.31. The Kier molecular flexibility index (Phi) is 4.66. The molecule has 2 heterocycles. The van der Waals surface area contributed by atoms with Crippen LogP contribution in [-0.4, -0.2) is 9.78 Å². The van der Waals surface area contributed by atoms with E-state index in [0.717, 1.165) is 33.6 Å². The Hall–Kier alpha value is -3.52. The first-order valence-corrected chi connectivity index (χ1v) is 10.1. The number of hydrogen-bond donors (Lipinski definition) is 1. The lowest BCUT2D eigenvalue weighted by Gasteiger charge is -2.41. The maximum atomic E-state index is 10.2. The molecule has 1 aliphatic heterocycles. The molecule has 0 amide bonds. The van der Waals surface area contributed by atoms with Gasteiger partial charge in [-0.3, -0.25) is 0 Å². The number of benzene rings is 2. The maximum absolute atomic E-state index is 10.2. The van der Waals surface area contributed by atoms with Gasteiger partial charge in [0.25, 0.3) is 0 Å². The van der Waals surface area contributed by atoms with E-state index in [1.165, 1.54) is 0 Å². The van der Waals surface area contributed by atoms with Crippen LogP contribution in [0.5, 0.6) is 5.88 Å². The SMILES string of the molecule is Cc1cc(C)cc(C2(C(C)C)C(C#N)=C(N)Oc3c2c(C)nn3-c2ccccc2)c1. The average molecular weight is 399 g/mol. The number of aromatic nitrogens is 2. The molecule has 2 aromatic carbocycles. The fourth-order valence-corrected chi connectivity index (χ4v) is 4.82. The molecule has 1 atom stereocenters. The lowest BCUT2D eigenvalue weighted by Crippen LogP contribution is -2.41. The zero-order valence-electron chi connectivity index (χ0n) is 18.0. The van der Waals surface area contributed by atoms with Gasteiger partial charge in [0.1, 0.15) is 11.6 Å². The zero-order valence-corrected chi connectivity index (χ0v) is 18.0. The molecular weight excluding hydrogens is 372 g/mol. The highest BCUT2D eigenvalue weighted by Gasteiger charge is 2.51. The van der Waals surface area contributed by atoms with Crippen molar-refractivity contribution >= 4 is 0 Å². The van der Waals surface area contributed by atoms with Crippen LogP contribution in [0.15, 0.2) is 60.0 Å². The molecule has 3 aromatic rings. The molecule has 1 aliphatic rings. The first-order valence-electron chi connectivity index (χ1n) is 10.1. The summed E-state index contributed by atoms with van der Waals surface area (Å²) in [5.74, 6) is 0.750. The molecule has 4 rings (SSSR count). The Morgan fingerprint density at radius 2 is 1.70 bits per heavy atom. The number of para-hydroxylation sites is 1. The first-order chi connectivity index (χ1) is 14.3. The van der Waals surface area contributed by atoms with Crippen LogP contribution in [-0.2, 0) is 5.41 Å². The third kappa shape index (κ3) is 2.72. The van der Waals surface area contributed by atoms with E-state index in [2.05, 4.69) is 52.0 Å². The van der Waals surface area contributed by atoms with Gasteiger partial charge in [0.05, 0.1) is 22.4 Å². The molecule has 5 heteroatoms. The number of nitriles is 1. The van der Waals surface area contributed by atoms with Crippen molar-refractivity contribution in [2.24, 2.45) is 11.7 Å². The van der Waals surface area contributed by atoms with E-state index >= 15 is 0 Å². The van der Waals surface area contributed by atoms with Gasteiger partial charge < -0.3 is 10.5 Å². The predicted molar refractivity (Wildman–Crippen MR) is 117 cm³/mol. The normalized spacial score (nSPS) is 18.2. The summed E-state index contributed by atoms with van der Waals surface area (Å²) in [6.45, 7) is 10.4. The molecule has 0 bridgehead atoms. The number of fused-ring (bicyclic) bond motifs is 1. The fourth-order valence-electron chi connectivity index (χ4n) is 4.82. The Labute approximate surface area is 177 Å². The summed E-state index contributed by atoms with van der Waals surface area (Å²) >= 11 is 0. The minimum absolute atomic E-state index is 0.0432. The van der Waals surface area contributed by atoms with E-state index in [9.17, 15) is 5.26 Å². The third-order valence-corrected chi connectivity index (χ3v) is 5.92. The van der Waals surface area contributed by atoms with Crippen molar-refractivity contribution in [3.05, 3.63) is 87.9 Å². The van der Waals surface area contributed by atoms with Gasteiger partial charge in [0.2, 0.25) is 11.8 Å². The summed E-state index contributed by atoms with van der Waals surface area (Å²) in [6, 6.07) is 18.6. The Bertz CT molecular complexity index is 1180. The van der Waals surface area contributed by atoms with Gasteiger partial charge in [0, 0.05) is 0 Å². The molecule has 0 saturated carbocycles. The molecule has 1 unspecified atom stereocenters. The highest BCUT2D eigenvalue weighted by molar-refractivity contribution is 5.63. The van der Waals surface area contributed by atoms with Crippen LogP contribution in [0.25, 0.3) is 5.69 Å². The zero-order chi connectivity index (χ0) is 21.6. The van der Waals surface area contributed by atoms with Gasteiger partial charge in [-0.25, -0.2) is 4.68 Å². The van der Waals surface area contributed by atoms with E-state index in [-0.39, 0.29) is 11.8 Å². The molecule has 2 N–H and O–H groups in total. The smallest absolute Gasteiger partial charge is 0.229 e. The molecule has 0 radical (unpaired) electrons. The van der Waals surface area contributed by atoms with Crippen molar-refractivity contribution in [1.29, 1.82) is 5.26 Å². The van der Waals surface area contributed by atoms with Crippen molar-refractivity contribution in [3.8, 4) is 17.6 Å². The largest absolute Gasteiger partial charge is 0.422 e. The van der Waals surface area contributed by atoms with Gasteiger partial charge in [-0.05, 0) is 44.4 Å². The van der Waals surface area contributed by atoms with Gasteiger partial charge in [0.15, 0.2) is 0 Å². The summed E-state index contributed by atoms with van der Waals surface area (Å²) in [5.41, 5.74) is 12.0. The summed E-state index contributed by atoms with van der Waals surface area (Å²) < 4.78 is 7.85. The van der Waals surface area contributed by atoms with Crippen LogP contribution in [0.2, 0.25) is 0 Å². The van der Waals surface area contributed by atoms with E-state index in [0.29, 0.717) is 11.5 Å². The third-order valence-electron chi connectivity index (χ3n) is 5.92. The van der Waals surface area contributed by atoms with Gasteiger partial charge in [-0.15, -0.1) is 0 Å². The Morgan fingerprint density at radius 3 is 2.27 bits per heavy atom. The quantitative estimate of drug-likeness (QED) is 0.686. The van der Waals surface area contributed by atoms with Crippen LogP contribution in [0.4, 0.5) is 0 Å². The topological polar surface area (TPSA) is 76.9 Å². The highest BCUT2D eigenvalue weighted by atomic mass is 16.5. The van der Waals surface area contributed by atoms with Crippen molar-refractivity contribution in [3.63, 3.8) is 0 Å². The van der Waals surface area contributed by atoms with E-state index < -0.39 is 5.41 Å². The van der Waals surface area contributed by atoms with Crippen molar-refractivity contribution in [2.45, 2.75) is 40.0 Å². The summed E-state index contributed by atoms with van der Waals surface area (Å²) in [7, 11) is 0. The lowest BCUT2D eigenvalue weighted by molar-refractivity contribution is 0.316. The molecule has 152 valence electrons. The standard InChI is InChI=1S/C25H26N4O/c1-15(2)25(19-12-16(3)11-17(4)13-19)21(14-26)23(27)30-24-22(25)18(5)28-29(24)20-9-7-6-8-10-20/h6-13,15H,27H2,1-5H3. The summed E-state index contributed by atoms with van der Waals surface area (Å²) in [5, 5.41) is 15.0. The minimum Gasteiger partial charge on any atom is -0.422 e. The van der Waals surface area contributed by atoms with E-state index in [4.69, 9.17) is 15.6 Å². The van der Waals surface area contributed by atoms with Gasteiger partial charge >= 0.3 is 0 Å². The van der Waals surface area contributed by atoms with Crippen molar-refractivity contribution in [2.75, 3.05) is 0 Å². The Balaban J connectivity index is 2.14. The molecule has 1 aromatic heterocycles. The number of aryl methyl sites for hydroxylation is 3. The fraction of sp³-hybridized carbons (Fsp3) is 0.280. The lowest BCUT2D eigenvalue weighted by atomic mass is 9.61. The average Bonchev–Trinajstić information content (AvgIpc) is 3.02. The van der Waals surface area contributed by atoms with Gasteiger partial charge in [-0.1, -0.05) is 61.4 Å². The first kappa shape index (κ1) is 19.8. The highest BCUT2D eigenvalue weighted by Crippen LogP contribution is 2.53. The second kappa shape index (κ2) is 7.07. The van der Waals surface area contributed by atoms with Gasteiger partial charge in [-0.2, -0.15) is 10.4 Å². The van der Waals surface area contributed by atoms with Crippen molar-refractivity contribution in [1.82, 2.24) is 9.78 Å². The Morgan fingerprint density at radius 1 is 1.07 bits per heavy atom.